The van der Waals surface area contributed by atoms with Crippen molar-refractivity contribution in [2.24, 2.45) is 5.92 Å². The van der Waals surface area contributed by atoms with Crippen LogP contribution in [0.2, 0.25) is 0 Å². The zero-order valence-electron chi connectivity index (χ0n) is 9.70. The Morgan fingerprint density at radius 3 is 2.73 bits per heavy atom. The van der Waals surface area contributed by atoms with Crippen molar-refractivity contribution in [2.45, 2.75) is 33.7 Å². The van der Waals surface area contributed by atoms with Gasteiger partial charge in [-0.3, -0.25) is 0 Å². The Hall–Kier alpha value is -1.31. The number of para-hydroxylation sites is 2. The molecule has 2 aromatic rings. The lowest BCUT2D eigenvalue weighted by Gasteiger charge is -2.08. The summed E-state index contributed by atoms with van der Waals surface area (Å²) in [5, 5.41) is 0. The average molecular weight is 202 g/mol. The highest BCUT2D eigenvalue weighted by Crippen LogP contribution is 2.16. The molecule has 1 aromatic carbocycles. The number of rotatable bonds is 3. The van der Waals surface area contributed by atoms with E-state index in [9.17, 15) is 0 Å². The Morgan fingerprint density at radius 2 is 2.00 bits per heavy atom. The normalized spacial score (nSPS) is 11.5. The molecule has 2 rings (SSSR count). The minimum absolute atomic E-state index is 0.741. The second-order valence-electron chi connectivity index (χ2n) is 4.48. The summed E-state index contributed by atoms with van der Waals surface area (Å²) in [6.07, 6.45) is 1.21. The second-order valence-corrected chi connectivity index (χ2v) is 4.48. The van der Waals surface area contributed by atoms with Crippen LogP contribution >= 0.6 is 0 Å². The monoisotopic (exact) mass is 202 g/mol. The van der Waals surface area contributed by atoms with Crippen LogP contribution in [-0.2, 0) is 6.54 Å². The average Bonchev–Trinajstić information content (AvgIpc) is 2.50. The molecule has 0 N–H and O–H groups in total. The maximum atomic E-state index is 4.55. The van der Waals surface area contributed by atoms with Gasteiger partial charge in [0.15, 0.2) is 0 Å². The smallest absolute Gasteiger partial charge is 0.106 e. The molecule has 0 amide bonds. The van der Waals surface area contributed by atoms with Crippen LogP contribution in [0, 0.1) is 12.8 Å². The molecule has 0 aliphatic rings. The number of imidazole rings is 1. The zero-order valence-corrected chi connectivity index (χ0v) is 9.70. The van der Waals surface area contributed by atoms with Crippen LogP contribution in [0.3, 0.4) is 0 Å². The molecule has 15 heavy (non-hydrogen) atoms. The van der Waals surface area contributed by atoms with Gasteiger partial charge in [0.25, 0.3) is 0 Å². The third-order valence-electron chi connectivity index (χ3n) is 2.78. The van der Waals surface area contributed by atoms with E-state index in [4.69, 9.17) is 0 Å². The fraction of sp³-hybridized carbons (Fsp3) is 0.462. The fourth-order valence-electron chi connectivity index (χ4n) is 1.87. The van der Waals surface area contributed by atoms with Crippen LogP contribution in [0.4, 0.5) is 0 Å². The van der Waals surface area contributed by atoms with Crippen LogP contribution in [0.1, 0.15) is 26.1 Å². The van der Waals surface area contributed by atoms with Crippen molar-refractivity contribution in [2.75, 3.05) is 0 Å². The molecule has 0 radical (unpaired) electrons. The first-order valence-electron chi connectivity index (χ1n) is 5.60. The number of aromatic nitrogens is 2. The first kappa shape index (κ1) is 10.2. The minimum Gasteiger partial charge on any atom is -0.328 e. The molecule has 1 heterocycles. The minimum atomic E-state index is 0.741. The van der Waals surface area contributed by atoms with E-state index in [1.54, 1.807) is 0 Å². The summed E-state index contributed by atoms with van der Waals surface area (Å²) in [6, 6.07) is 8.35. The van der Waals surface area contributed by atoms with Gasteiger partial charge in [0, 0.05) is 6.54 Å². The first-order valence-corrected chi connectivity index (χ1v) is 5.60. The maximum Gasteiger partial charge on any atom is 0.106 e. The highest BCUT2D eigenvalue weighted by Gasteiger charge is 2.06. The standard InChI is InChI=1S/C13H18N2/c1-10(2)8-9-15-11(3)14-12-6-4-5-7-13(12)15/h4-7,10H,8-9H2,1-3H3. The summed E-state index contributed by atoms with van der Waals surface area (Å²) in [7, 11) is 0. The quantitative estimate of drug-likeness (QED) is 0.746. The van der Waals surface area contributed by atoms with Crippen molar-refractivity contribution >= 4 is 11.0 Å². The van der Waals surface area contributed by atoms with Gasteiger partial charge in [-0.25, -0.2) is 4.98 Å². The third kappa shape index (κ3) is 2.04. The summed E-state index contributed by atoms with van der Waals surface area (Å²) in [6.45, 7) is 7.67. The molecule has 0 atom stereocenters. The van der Waals surface area contributed by atoms with Crippen LogP contribution in [0.25, 0.3) is 11.0 Å². The Morgan fingerprint density at radius 1 is 1.27 bits per heavy atom. The summed E-state index contributed by atoms with van der Waals surface area (Å²) < 4.78 is 2.31. The number of aryl methyl sites for hydroxylation is 2. The summed E-state index contributed by atoms with van der Waals surface area (Å²) in [4.78, 5) is 4.55. The molecule has 80 valence electrons. The van der Waals surface area contributed by atoms with E-state index in [0.29, 0.717) is 0 Å². The summed E-state index contributed by atoms with van der Waals surface area (Å²) >= 11 is 0. The largest absolute Gasteiger partial charge is 0.328 e. The Balaban J connectivity index is 2.36. The van der Waals surface area contributed by atoms with Gasteiger partial charge in [-0.15, -0.1) is 0 Å². The van der Waals surface area contributed by atoms with Gasteiger partial charge in [-0.05, 0) is 31.4 Å². The van der Waals surface area contributed by atoms with Crippen molar-refractivity contribution in [1.82, 2.24) is 9.55 Å². The van der Waals surface area contributed by atoms with Gasteiger partial charge < -0.3 is 4.57 Å². The van der Waals surface area contributed by atoms with Crippen LogP contribution in [0.15, 0.2) is 24.3 Å². The summed E-state index contributed by atoms with van der Waals surface area (Å²) in [5.41, 5.74) is 2.37. The molecule has 2 heteroatoms. The van der Waals surface area contributed by atoms with Crippen LogP contribution in [-0.4, -0.2) is 9.55 Å². The lowest BCUT2D eigenvalue weighted by Crippen LogP contribution is -2.03. The van der Waals surface area contributed by atoms with E-state index in [1.807, 2.05) is 6.07 Å². The molecular formula is C13H18N2. The molecule has 0 unspecified atom stereocenters. The molecule has 0 saturated heterocycles. The van der Waals surface area contributed by atoms with Gasteiger partial charge in [-0.1, -0.05) is 26.0 Å². The Kier molecular flexibility index (Phi) is 2.76. The Bertz CT molecular complexity index is 455. The van der Waals surface area contributed by atoms with Crippen molar-refractivity contribution < 1.29 is 0 Å². The molecule has 0 bridgehead atoms. The van der Waals surface area contributed by atoms with E-state index >= 15 is 0 Å². The summed E-state index contributed by atoms with van der Waals surface area (Å²) in [5.74, 6) is 1.86. The van der Waals surface area contributed by atoms with Gasteiger partial charge >= 0.3 is 0 Å². The van der Waals surface area contributed by atoms with Crippen molar-refractivity contribution in [3.05, 3.63) is 30.1 Å². The van der Waals surface area contributed by atoms with Gasteiger partial charge in [-0.2, -0.15) is 0 Å². The van der Waals surface area contributed by atoms with E-state index in [-0.39, 0.29) is 0 Å². The number of hydrogen-bond donors (Lipinski definition) is 0. The molecule has 0 aliphatic carbocycles. The molecule has 0 aliphatic heterocycles. The molecule has 2 nitrogen and oxygen atoms in total. The van der Waals surface area contributed by atoms with Crippen molar-refractivity contribution in [3.8, 4) is 0 Å². The molecule has 1 aromatic heterocycles. The number of benzene rings is 1. The SMILES string of the molecule is Cc1nc2ccccc2n1CCC(C)C. The highest BCUT2D eigenvalue weighted by atomic mass is 15.1. The van der Waals surface area contributed by atoms with Gasteiger partial charge in [0.2, 0.25) is 0 Å². The van der Waals surface area contributed by atoms with E-state index < -0.39 is 0 Å². The lowest BCUT2D eigenvalue weighted by atomic mass is 10.1. The fourth-order valence-corrected chi connectivity index (χ4v) is 1.87. The third-order valence-corrected chi connectivity index (χ3v) is 2.78. The zero-order chi connectivity index (χ0) is 10.8. The molecular weight excluding hydrogens is 184 g/mol. The molecule has 0 spiro atoms. The number of fused-ring (bicyclic) bond motifs is 1. The van der Waals surface area contributed by atoms with E-state index in [1.165, 1.54) is 11.9 Å². The lowest BCUT2D eigenvalue weighted by molar-refractivity contribution is 0.517. The molecule has 0 fully saturated rings. The topological polar surface area (TPSA) is 17.8 Å². The second kappa shape index (κ2) is 4.05. The van der Waals surface area contributed by atoms with Crippen LogP contribution < -0.4 is 0 Å². The van der Waals surface area contributed by atoms with Crippen LogP contribution in [0.5, 0.6) is 0 Å². The van der Waals surface area contributed by atoms with Gasteiger partial charge in [0.1, 0.15) is 5.82 Å². The predicted octanol–water partition coefficient (Wildman–Crippen LogP) is 3.39. The van der Waals surface area contributed by atoms with E-state index in [0.717, 1.165) is 23.8 Å². The molecule has 0 saturated carbocycles. The predicted molar refractivity (Wildman–Crippen MR) is 63.9 cm³/mol. The Labute approximate surface area is 90.9 Å². The maximum absolute atomic E-state index is 4.55. The number of nitrogens with zero attached hydrogens (tertiary/aromatic N) is 2. The van der Waals surface area contributed by atoms with Crippen molar-refractivity contribution in [1.29, 1.82) is 0 Å². The van der Waals surface area contributed by atoms with Gasteiger partial charge in [0.05, 0.1) is 11.0 Å². The first-order chi connectivity index (χ1) is 7.18. The number of hydrogen-bond acceptors (Lipinski definition) is 1. The highest BCUT2D eigenvalue weighted by molar-refractivity contribution is 5.75. The van der Waals surface area contributed by atoms with E-state index in [2.05, 4.69) is 48.5 Å². The van der Waals surface area contributed by atoms with Crippen molar-refractivity contribution in [3.63, 3.8) is 0 Å².